The Balaban J connectivity index is 2.07. The van der Waals surface area contributed by atoms with Gasteiger partial charge in [-0.05, 0) is 19.8 Å². The first kappa shape index (κ1) is 9.61. The third-order valence-corrected chi connectivity index (χ3v) is 2.44. The topological polar surface area (TPSA) is 74.2 Å². The van der Waals surface area contributed by atoms with Crippen LogP contribution < -0.4 is 5.73 Å². The van der Waals surface area contributed by atoms with Gasteiger partial charge < -0.3 is 15.0 Å². The number of nitrogens with zero attached hydrogens (tertiary/aromatic N) is 2. The Hall–Kier alpha value is -0.940. The van der Waals surface area contributed by atoms with Gasteiger partial charge in [0, 0.05) is 19.1 Å². The SMILES string of the molecule is CC(N)c1noc(C2CCOCC2)n1. The van der Waals surface area contributed by atoms with E-state index in [0.717, 1.165) is 26.1 Å². The molecule has 2 rings (SSSR count). The predicted molar refractivity (Wildman–Crippen MR) is 49.7 cm³/mol. The van der Waals surface area contributed by atoms with E-state index in [1.807, 2.05) is 6.92 Å². The summed E-state index contributed by atoms with van der Waals surface area (Å²) in [7, 11) is 0. The van der Waals surface area contributed by atoms with Crippen LogP contribution in [0.3, 0.4) is 0 Å². The van der Waals surface area contributed by atoms with E-state index < -0.39 is 0 Å². The van der Waals surface area contributed by atoms with Gasteiger partial charge >= 0.3 is 0 Å². The van der Waals surface area contributed by atoms with E-state index in [0.29, 0.717) is 17.6 Å². The molecule has 14 heavy (non-hydrogen) atoms. The Labute approximate surface area is 82.6 Å². The van der Waals surface area contributed by atoms with Crippen molar-refractivity contribution in [2.24, 2.45) is 5.73 Å². The van der Waals surface area contributed by atoms with E-state index in [4.69, 9.17) is 15.0 Å². The van der Waals surface area contributed by atoms with Gasteiger partial charge in [0.05, 0.1) is 6.04 Å². The summed E-state index contributed by atoms with van der Waals surface area (Å²) in [6, 6.07) is -0.160. The molecular formula is C9H15N3O2. The van der Waals surface area contributed by atoms with E-state index in [2.05, 4.69) is 10.1 Å². The Morgan fingerprint density at radius 3 is 2.71 bits per heavy atom. The molecule has 1 fully saturated rings. The monoisotopic (exact) mass is 197 g/mol. The molecular weight excluding hydrogens is 182 g/mol. The minimum absolute atomic E-state index is 0.160. The summed E-state index contributed by atoms with van der Waals surface area (Å²) in [5, 5.41) is 3.84. The fraction of sp³-hybridized carbons (Fsp3) is 0.778. The maximum atomic E-state index is 5.65. The van der Waals surface area contributed by atoms with E-state index >= 15 is 0 Å². The van der Waals surface area contributed by atoms with Crippen LogP contribution >= 0.6 is 0 Å². The van der Waals surface area contributed by atoms with Crippen molar-refractivity contribution < 1.29 is 9.26 Å². The number of rotatable bonds is 2. The van der Waals surface area contributed by atoms with Gasteiger partial charge in [0.1, 0.15) is 0 Å². The van der Waals surface area contributed by atoms with Gasteiger partial charge in [-0.25, -0.2) is 0 Å². The Morgan fingerprint density at radius 2 is 2.14 bits per heavy atom. The molecule has 1 aromatic heterocycles. The van der Waals surface area contributed by atoms with Gasteiger partial charge in [0.15, 0.2) is 5.82 Å². The van der Waals surface area contributed by atoms with Crippen molar-refractivity contribution in [2.45, 2.75) is 31.7 Å². The first-order valence-electron chi connectivity index (χ1n) is 4.94. The average molecular weight is 197 g/mol. The first-order valence-corrected chi connectivity index (χ1v) is 4.94. The van der Waals surface area contributed by atoms with Crippen molar-refractivity contribution in [3.63, 3.8) is 0 Å². The molecule has 1 aromatic rings. The molecule has 0 bridgehead atoms. The highest BCUT2D eigenvalue weighted by Crippen LogP contribution is 2.25. The number of hydrogen-bond acceptors (Lipinski definition) is 5. The van der Waals surface area contributed by atoms with Gasteiger partial charge in [0.25, 0.3) is 0 Å². The third-order valence-electron chi connectivity index (χ3n) is 2.44. The second-order valence-electron chi connectivity index (χ2n) is 3.67. The van der Waals surface area contributed by atoms with Gasteiger partial charge in [-0.2, -0.15) is 4.98 Å². The van der Waals surface area contributed by atoms with Crippen molar-refractivity contribution >= 4 is 0 Å². The Bertz CT molecular complexity index is 292. The lowest BCUT2D eigenvalue weighted by atomic mass is 10.0. The van der Waals surface area contributed by atoms with Crippen molar-refractivity contribution in [3.8, 4) is 0 Å². The molecule has 78 valence electrons. The number of ether oxygens (including phenoxy) is 1. The molecule has 0 radical (unpaired) electrons. The largest absolute Gasteiger partial charge is 0.381 e. The predicted octanol–water partition coefficient (Wildman–Crippen LogP) is 0.983. The molecule has 0 spiro atoms. The average Bonchev–Trinajstić information content (AvgIpc) is 2.68. The van der Waals surface area contributed by atoms with Crippen LogP contribution in [0.1, 0.15) is 43.4 Å². The van der Waals surface area contributed by atoms with E-state index in [9.17, 15) is 0 Å². The number of aromatic nitrogens is 2. The highest BCUT2D eigenvalue weighted by Gasteiger charge is 2.22. The van der Waals surface area contributed by atoms with Gasteiger partial charge in [-0.15, -0.1) is 0 Å². The van der Waals surface area contributed by atoms with Crippen LogP contribution in [0, 0.1) is 0 Å². The van der Waals surface area contributed by atoms with E-state index in [1.165, 1.54) is 0 Å². The van der Waals surface area contributed by atoms with Crippen LogP contribution in [0.5, 0.6) is 0 Å². The smallest absolute Gasteiger partial charge is 0.229 e. The summed E-state index contributed by atoms with van der Waals surface area (Å²) in [6.45, 7) is 3.40. The Morgan fingerprint density at radius 1 is 1.43 bits per heavy atom. The normalized spacial score (nSPS) is 21.0. The first-order chi connectivity index (χ1) is 6.77. The van der Waals surface area contributed by atoms with Crippen LogP contribution in [-0.2, 0) is 4.74 Å². The lowest BCUT2D eigenvalue weighted by Gasteiger charge is -2.17. The van der Waals surface area contributed by atoms with Crippen molar-refractivity contribution in [1.29, 1.82) is 0 Å². The van der Waals surface area contributed by atoms with E-state index in [1.54, 1.807) is 0 Å². The van der Waals surface area contributed by atoms with Gasteiger partial charge in [0.2, 0.25) is 5.89 Å². The molecule has 1 unspecified atom stereocenters. The lowest BCUT2D eigenvalue weighted by Crippen LogP contribution is -2.14. The van der Waals surface area contributed by atoms with Crippen molar-refractivity contribution in [1.82, 2.24) is 10.1 Å². The molecule has 2 N–H and O–H groups in total. The minimum Gasteiger partial charge on any atom is -0.381 e. The quantitative estimate of drug-likeness (QED) is 0.765. The molecule has 0 aliphatic carbocycles. The zero-order chi connectivity index (χ0) is 9.97. The fourth-order valence-electron chi connectivity index (χ4n) is 1.54. The summed E-state index contributed by atoms with van der Waals surface area (Å²) in [5.41, 5.74) is 5.65. The molecule has 5 heteroatoms. The summed E-state index contributed by atoms with van der Waals surface area (Å²) in [5.74, 6) is 1.65. The molecule has 1 aliphatic heterocycles. The zero-order valence-corrected chi connectivity index (χ0v) is 8.27. The van der Waals surface area contributed by atoms with Crippen molar-refractivity contribution in [2.75, 3.05) is 13.2 Å². The van der Waals surface area contributed by atoms with Crippen LogP contribution in [0.15, 0.2) is 4.52 Å². The Kier molecular flexibility index (Phi) is 2.79. The summed E-state index contributed by atoms with van der Waals surface area (Å²) < 4.78 is 10.4. The van der Waals surface area contributed by atoms with E-state index in [-0.39, 0.29) is 6.04 Å². The number of nitrogens with two attached hydrogens (primary N) is 1. The summed E-state index contributed by atoms with van der Waals surface area (Å²) in [4.78, 5) is 4.28. The van der Waals surface area contributed by atoms with Crippen LogP contribution in [-0.4, -0.2) is 23.4 Å². The van der Waals surface area contributed by atoms with Crippen molar-refractivity contribution in [3.05, 3.63) is 11.7 Å². The zero-order valence-electron chi connectivity index (χ0n) is 8.27. The second kappa shape index (κ2) is 4.06. The molecule has 1 saturated heterocycles. The minimum atomic E-state index is -0.160. The molecule has 0 amide bonds. The fourth-order valence-corrected chi connectivity index (χ4v) is 1.54. The summed E-state index contributed by atoms with van der Waals surface area (Å²) in [6.07, 6.45) is 1.92. The maximum Gasteiger partial charge on any atom is 0.229 e. The molecule has 1 atom stereocenters. The molecule has 5 nitrogen and oxygen atoms in total. The van der Waals surface area contributed by atoms with Crippen LogP contribution in [0.25, 0.3) is 0 Å². The third kappa shape index (κ3) is 1.93. The molecule has 0 aromatic carbocycles. The molecule has 2 heterocycles. The number of hydrogen-bond donors (Lipinski definition) is 1. The molecule has 1 aliphatic rings. The second-order valence-corrected chi connectivity index (χ2v) is 3.67. The highest BCUT2D eigenvalue weighted by atomic mass is 16.5. The maximum absolute atomic E-state index is 5.65. The van der Waals surface area contributed by atoms with Gasteiger partial charge in [-0.1, -0.05) is 5.16 Å². The van der Waals surface area contributed by atoms with Crippen LogP contribution in [0.4, 0.5) is 0 Å². The molecule has 0 saturated carbocycles. The lowest BCUT2D eigenvalue weighted by molar-refractivity contribution is 0.0778. The standard InChI is InChI=1S/C9H15N3O2/c1-6(10)8-11-9(14-12-8)7-2-4-13-5-3-7/h6-7H,2-5,10H2,1H3. The summed E-state index contributed by atoms with van der Waals surface area (Å²) >= 11 is 0. The van der Waals surface area contributed by atoms with Crippen LogP contribution in [0.2, 0.25) is 0 Å². The van der Waals surface area contributed by atoms with Gasteiger partial charge in [-0.3, -0.25) is 0 Å². The highest BCUT2D eigenvalue weighted by molar-refractivity contribution is 4.97.